The number of hydrogen-bond acceptors (Lipinski definition) is 5. The first-order valence-corrected chi connectivity index (χ1v) is 12.6. The summed E-state index contributed by atoms with van der Waals surface area (Å²) in [5.41, 5.74) is 4.25. The van der Waals surface area contributed by atoms with Crippen molar-refractivity contribution in [3.05, 3.63) is 78.8 Å². The van der Waals surface area contributed by atoms with Gasteiger partial charge in [0.1, 0.15) is 34.1 Å². The van der Waals surface area contributed by atoms with Crippen LogP contribution in [0.4, 0.5) is 14.5 Å². The van der Waals surface area contributed by atoms with E-state index in [1.807, 2.05) is 0 Å². The number of carbonyl (C=O) groups excluding carboxylic acids is 1. The van der Waals surface area contributed by atoms with E-state index in [-0.39, 0.29) is 17.3 Å². The van der Waals surface area contributed by atoms with Crippen LogP contribution in [-0.2, 0) is 4.79 Å². The van der Waals surface area contributed by atoms with Gasteiger partial charge in [-0.3, -0.25) is 19.9 Å². The number of pyridine rings is 2. The standard InChI is InChI=1S/C29H21F2N7O/c30-21-7-2-1-6-19(21)25-27-23(8-9-33-25)35-28(36-27)26-20-11-16(12-22(31)24(20)37-38-26)17-10-18(14-32-13-17)34-29(39)15-4-3-5-15/h1-2,6-15H,3-5H2,(H,34,39)(H,35,36)(H,37,38). The number of imidazole rings is 1. The van der Waals surface area contributed by atoms with Gasteiger partial charge >= 0.3 is 0 Å². The first-order chi connectivity index (χ1) is 19.0. The number of anilines is 1. The fourth-order valence-electron chi connectivity index (χ4n) is 4.91. The van der Waals surface area contributed by atoms with E-state index in [9.17, 15) is 9.18 Å². The second kappa shape index (κ2) is 9.09. The van der Waals surface area contributed by atoms with Gasteiger partial charge in [-0.25, -0.2) is 13.8 Å². The zero-order valence-corrected chi connectivity index (χ0v) is 20.5. The molecule has 1 aliphatic rings. The number of benzene rings is 2. The number of aromatic amines is 2. The first-order valence-electron chi connectivity index (χ1n) is 12.6. The highest BCUT2D eigenvalue weighted by Gasteiger charge is 2.25. The molecule has 10 heteroatoms. The largest absolute Gasteiger partial charge is 0.336 e. The first kappa shape index (κ1) is 23.2. The Balaban J connectivity index is 1.30. The van der Waals surface area contributed by atoms with Gasteiger partial charge in [-0.05, 0) is 54.8 Å². The van der Waals surface area contributed by atoms with Crippen molar-refractivity contribution in [2.24, 2.45) is 5.92 Å². The zero-order chi connectivity index (χ0) is 26.5. The van der Waals surface area contributed by atoms with Crippen LogP contribution in [0.15, 0.2) is 67.1 Å². The Labute approximate surface area is 220 Å². The molecule has 0 spiro atoms. The molecule has 1 amide bonds. The van der Waals surface area contributed by atoms with Gasteiger partial charge in [-0.2, -0.15) is 5.10 Å². The Kier molecular flexibility index (Phi) is 5.39. The van der Waals surface area contributed by atoms with Crippen molar-refractivity contribution in [2.75, 3.05) is 5.32 Å². The maximum atomic E-state index is 15.2. The molecule has 3 N–H and O–H groups in total. The lowest BCUT2D eigenvalue weighted by molar-refractivity contribution is -0.122. The Bertz CT molecular complexity index is 1890. The SMILES string of the molecule is O=C(Nc1cncc(-c2cc(F)c3[nH]nc(-c4nc5c(-c6ccccc6F)nccc5[nH]4)c3c2)c1)C1CCC1. The van der Waals surface area contributed by atoms with E-state index in [0.717, 1.165) is 19.3 Å². The number of halogens is 2. The highest BCUT2D eigenvalue weighted by atomic mass is 19.1. The maximum Gasteiger partial charge on any atom is 0.227 e. The van der Waals surface area contributed by atoms with Crippen LogP contribution < -0.4 is 5.32 Å². The topological polar surface area (TPSA) is 112 Å². The fraction of sp³-hybridized carbons (Fsp3) is 0.138. The second-order valence-corrected chi connectivity index (χ2v) is 9.65. The molecular weight excluding hydrogens is 500 g/mol. The fourth-order valence-corrected chi connectivity index (χ4v) is 4.91. The van der Waals surface area contributed by atoms with Gasteiger partial charge in [-0.15, -0.1) is 0 Å². The minimum absolute atomic E-state index is 0.0203. The van der Waals surface area contributed by atoms with E-state index in [1.165, 1.54) is 12.1 Å². The zero-order valence-electron chi connectivity index (χ0n) is 20.5. The van der Waals surface area contributed by atoms with Crippen molar-refractivity contribution in [2.45, 2.75) is 19.3 Å². The smallest absolute Gasteiger partial charge is 0.227 e. The predicted octanol–water partition coefficient (Wildman–Crippen LogP) is 6.25. The summed E-state index contributed by atoms with van der Waals surface area (Å²) in [5.74, 6) is -0.492. The lowest BCUT2D eigenvalue weighted by Crippen LogP contribution is -2.28. The van der Waals surface area contributed by atoms with Gasteiger partial charge in [-0.1, -0.05) is 18.6 Å². The van der Waals surface area contributed by atoms with Crippen molar-refractivity contribution in [1.82, 2.24) is 30.1 Å². The van der Waals surface area contributed by atoms with Crippen LogP contribution in [0, 0.1) is 17.6 Å². The summed E-state index contributed by atoms with van der Waals surface area (Å²) in [6.07, 6.45) is 7.62. The van der Waals surface area contributed by atoms with E-state index in [4.69, 9.17) is 0 Å². The van der Waals surface area contributed by atoms with Crippen LogP contribution in [0.25, 0.3) is 55.8 Å². The van der Waals surface area contributed by atoms with E-state index < -0.39 is 11.6 Å². The molecule has 6 aromatic rings. The molecule has 7 rings (SSSR count). The van der Waals surface area contributed by atoms with Crippen LogP contribution >= 0.6 is 0 Å². The number of nitrogens with one attached hydrogen (secondary N) is 3. The summed E-state index contributed by atoms with van der Waals surface area (Å²) in [5, 5.41) is 10.5. The van der Waals surface area contributed by atoms with Crippen molar-refractivity contribution in [3.8, 4) is 33.9 Å². The normalized spacial score (nSPS) is 13.6. The Morgan fingerprint density at radius 2 is 1.85 bits per heavy atom. The maximum absolute atomic E-state index is 15.2. The molecular formula is C29H21F2N7O. The molecule has 1 saturated carbocycles. The molecule has 8 nitrogen and oxygen atoms in total. The molecule has 192 valence electrons. The summed E-state index contributed by atoms with van der Waals surface area (Å²) in [6, 6.07) is 13.1. The van der Waals surface area contributed by atoms with E-state index in [0.29, 0.717) is 56.0 Å². The number of fused-ring (bicyclic) bond motifs is 2. The Morgan fingerprint density at radius 1 is 0.974 bits per heavy atom. The summed E-state index contributed by atoms with van der Waals surface area (Å²) in [6.45, 7) is 0. The third kappa shape index (κ3) is 4.01. The summed E-state index contributed by atoms with van der Waals surface area (Å²) in [4.78, 5) is 28.9. The molecule has 4 aromatic heterocycles. The third-order valence-electron chi connectivity index (χ3n) is 7.19. The number of hydrogen-bond donors (Lipinski definition) is 3. The van der Waals surface area contributed by atoms with Gasteiger partial charge in [0.05, 0.1) is 17.4 Å². The Hall–Kier alpha value is -4.99. The second-order valence-electron chi connectivity index (χ2n) is 9.65. The molecule has 39 heavy (non-hydrogen) atoms. The highest BCUT2D eigenvalue weighted by molar-refractivity contribution is 5.98. The van der Waals surface area contributed by atoms with Gasteiger partial charge in [0.25, 0.3) is 0 Å². The summed E-state index contributed by atoms with van der Waals surface area (Å²) in [7, 11) is 0. The quantitative estimate of drug-likeness (QED) is 0.248. The van der Waals surface area contributed by atoms with E-state index in [2.05, 4.69) is 35.5 Å². The molecule has 4 heterocycles. The number of H-pyrrole nitrogens is 2. The number of aromatic nitrogens is 6. The van der Waals surface area contributed by atoms with Crippen LogP contribution in [0.3, 0.4) is 0 Å². The molecule has 1 fully saturated rings. The molecule has 0 radical (unpaired) electrons. The van der Waals surface area contributed by atoms with Crippen molar-refractivity contribution in [1.29, 1.82) is 0 Å². The lowest BCUT2D eigenvalue weighted by Gasteiger charge is -2.24. The molecule has 0 aliphatic heterocycles. The lowest BCUT2D eigenvalue weighted by atomic mass is 9.85. The third-order valence-corrected chi connectivity index (χ3v) is 7.19. The molecule has 2 aromatic carbocycles. The average Bonchev–Trinajstić information content (AvgIpc) is 3.52. The highest BCUT2D eigenvalue weighted by Crippen LogP contribution is 2.35. The van der Waals surface area contributed by atoms with Crippen LogP contribution in [-0.4, -0.2) is 36.0 Å². The van der Waals surface area contributed by atoms with Crippen LogP contribution in [0.2, 0.25) is 0 Å². The number of amides is 1. The monoisotopic (exact) mass is 521 g/mol. The predicted molar refractivity (Wildman–Crippen MR) is 144 cm³/mol. The van der Waals surface area contributed by atoms with Gasteiger partial charge in [0.2, 0.25) is 5.91 Å². The number of rotatable bonds is 5. The molecule has 0 atom stereocenters. The average molecular weight is 522 g/mol. The summed E-state index contributed by atoms with van der Waals surface area (Å²) < 4.78 is 29.8. The molecule has 0 saturated heterocycles. The minimum Gasteiger partial charge on any atom is -0.336 e. The van der Waals surface area contributed by atoms with Crippen LogP contribution in [0.1, 0.15) is 19.3 Å². The van der Waals surface area contributed by atoms with Gasteiger partial charge in [0, 0.05) is 34.8 Å². The Morgan fingerprint density at radius 3 is 2.67 bits per heavy atom. The van der Waals surface area contributed by atoms with Crippen molar-refractivity contribution < 1.29 is 13.6 Å². The molecule has 0 bridgehead atoms. The number of nitrogens with zero attached hydrogens (tertiary/aromatic N) is 4. The minimum atomic E-state index is -0.491. The van der Waals surface area contributed by atoms with Gasteiger partial charge in [0.15, 0.2) is 5.82 Å². The molecule has 1 aliphatic carbocycles. The van der Waals surface area contributed by atoms with Crippen molar-refractivity contribution in [3.63, 3.8) is 0 Å². The summed E-state index contributed by atoms with van der Waals surface area (Å²) >= 11 is 0. The van der Waals surface area contributed by atoms with E-state index >= 15 is 4.39 Å². The van der Waals surface area contributed by atoms with Crippen LogP contribution in [0.5, 0.6) is 0 Å². The van der Waals surface area contributed by atoms with Gasteiger partial charge < -0.3 is 10.3 Å². The van der Waals surface area contributed by atoms with Crippen molar-refractivity contribution >= 4 is 33.5 Å². The van der Waals surface area contributed by atoms with E-state index in [1.54, 1.807) is 55.0 Å². The number of carbonyl (C=O) groups is 1. The molecule has 0 unspecified atom stereocenters.